The van der Waals surface area contributed by atoms with E-state index in [1.54, 1.807) is 0 Å². The molecule has 22 heavy (non-hydrogen) atoms. The second-order valence-corrected chi connectivity index (χ2v) is 6.54. The van der Waals surface area contributed by atoms with Gasteiger partial charge in [-0.15, -0.1) is 0 Å². The molecule has 1 aromatic rings. The first-order valence-electron chi connectivity index (χ1n) is 7.68. The molecule has 2 rings (SSSR count). The van der Waals surface area contributed by atoms with Crippen molar-refractivity contribution in [3.8, 4) is 6.07 Å². The molecule has 0 unspecified atom stereocenters. The Morgan fingerprint density at radius 2 is 2.14 bits per heavy atom. The Balaban J connectivity index is 1.87. The first-order valence-corrected chi connectivity index (χ1v) is 8.06. The summed E-state index contributed by atoms with van der Waals surface area (Å²) in [7, 11) is 1.89. The van der Waals surface area contributed by atoms with Gasteiger partial charge < -0.3 is 5.32 Å². The number of benzene rings is 1. The van der Waals surface area contributed by atoms with Crippen molar-refractivity contribution in [2.45, 2.75) is 44.2 Å². The van der Waals surface area contributed by atoms with Crippen molar-refractivity contribution < 1.29 is 4.79 Å². The third kappa shape index (κ3) is 4.72. The number of carbonyl (C=O) groups is 1. The van der Waals surface area contributed by atoms with Crippen LogP contribution in [0.5, 0.6) is 0 Å². The minimum absolute atomic E-state index is 0.0898. The zero-order valence-corrected chi connectivity index (χ0v) is 13.7. The number of nitriles is 1. The molecule has 0 atom stereocenters. The average molecular weight is 320 g/mol. The van der Waals surface area contributed by atoms with E-state index in [0.29, 0.717) is 11.6 Å². The molecule has 1 aliphatic carbocycles. The fourth-order valence-corrected chi connectivity index (χ4v) is 3.19. The second kappa shape index (κ2) is 7.62. The number of likely N-dealkylation sites (N-methyl/N-ethyl adjacent to an activating group) is 1. The number of rotatable bonds is 5. The number of nitrogens with one attached hydrogen (secondary N) is 1. The van der Waals surface area contributed by atoms with Crippen molar-refractivity contribution in [2.75, 3.05) is 13.6 Å². The first-order chi connectivity index (χ1) is 10.5. The summed E-state index contributed by atoms with van der Waals surface area (Å²) >= 11 is 5.97. The molecule has 0 radical (unpaired) electrons. The van der Waals surface area contributed by atoms with Gasteiger partial charge in [0.2, 0.25) is 5.91 Å². The number of hydrogen-bond donors (Lipinski definition) is 1. The van der Waals surface area contributed by atoms with Crippen LogP contribution in [-0.4, -0.2) is 29.9 Å². The van der Waals surface area contributed by atoms with E-state index >= 15 is 0 Å². The molecule has 0 spiro atoms. The molecule has 1 aliphatic rings. The van der Waals surface area contributed by atoms with Gasteiger partial charge in [-0.2, -0.15) is 5.26 Å². The minimum Gasteiger partial charge on any atom is -0.337 e. The van der Waals surface area contributed by atoms with Crippen molar-refractivity contribution in [2.24, 2.45) is 0 Å². The summed E-state index contributed by atoms with van der Waals surface area (Å²) in [5.41, 5.74) is 0.405. The number of amides is 1. The van der Waals surface area contributed by atoms with Gasteiger partial charge in [-0.3, -0.25) is 9.69 Å². The summed E-state index contributed by atoms with van der Waals surface area (Å²) in [6, 6.07) is 9.92. The molecule has 1 fully saturated rings. The topological polar surface area (TPSA) is 56.1 Å². The highest BCUT2D eigenvalue weighted by Gasteiger charge is 2.33. The second-order valence-electron chi connectivity index (χ2n) is 6.10. The lowest BCUT2D eigenvalue weighted by Crippen LogP contribution is -2.51. The molecule has 4 nitrogen and oxygen atoms in total. The zero-order chi connectivity index (χ0) is 16.0. The minimum atomic E-state index is -0.660. The van der Waals surface area contributed by atoms with Gasteiger partial charge in [0.25, 0.3) is 0 Å². The van der Waals surface area contributed by atoms with Gasteiger partial charge in [-0.1, -0.05) is 43.0 Å². The fraction of sp³-hybridized carbons (Fsp3) is 0.529. The van der Waals surface area contributed by atoms with Gasteiger partial charge in [0, 0.05) is 11.6 Å². The molecular formula is C17H22ClN3O. The van der Waals surface area contributed by atoms with Gasteiger partial charge in [0.15, 0.2) is 0 Å². The maximum atomic E-state index is 12.2. The van der Waals surface area contributed by atoms with Crippen molar-refractivity contribution in [3.63, 3.8) is 0 Å². The Morgan fingerprint density at radius 1 is 1.41 bits per heavy atom. The third-order valence-corrected chi connectivity index (χ3v) is 4.29. The van der Waals surface area contributed by atoms with Crippen LogP contribution in [0.2, 0.25) is 5.02 Å². The molecule has 0 bridgehead atoms. The van der Waals surface area contributed by atoms with Crippen LogP contribution in [0.4, 0.5) is 0 Å². The van der Waals surface area contributed by atoms with E-state index in [4.69, 9.17) is 11.6 Å². The van der Waals surface area contributed by atoms with Crippen molar-refractivity contribution in [3.05, 3.63) is 34.9 Å². The average Bonchev–Trinajstić information content (AvgIpc) is 2.47. The third-order valence-electron chi connectivity index (χ3n) is 4.05. The molecule has 118 valence electrons. The van der Waals surface area contributed by atoms with Crippen molar-refractivity contribution in [1.82, 2.24) is 10.2 Å². The van der Waals surface area contributed by atoms with E-state index in [1.165, 1.54) is 0 Å². The maximum absolute atomic E-state index is 12.2. The maximum Gasteiger partial charge on any atom is 0.235 e. The van der Waals surface area contributed by atoms with Crippen molar-refractivity contribution in [1.29, 1.82) is 5.26 Å². The van der Waals surface area contributed by atoms with Crippen LogP contribution in [0.25, 0.3) is 0 Å². The molecule has 1 saturated carbocycles. The molecule has 1 amide bonds. The van der Waals surface area contributed by atoms with Crippen LogP contribution in [-0.2, 0) is 11.3 Å². The Labute approximate surface area is 137 Å². The van der Waals surface area contributed by atoms with Crippen LogP contribution in [0.3, 0.4) is 0 Å². The predicted molar refractivity (Wildman–Crippen MR) is 87.4 cm³/mol. The highest BCUT2D eigenvalue weighted by molar-refractivity contribution is 6.30. The van der Waals surface area contributed by atoms with Crippen LogP contribution < -0.4 is 5.32 Å². The predicted octanol–water partition coefficient (Wildman–Crippen LogP) is 3.11. The highest BCUT2D eigenvalue weighted by atomic mass is 35.5. The highest BCUT2D eigenvalue weighted by Crippen LogP contribution is 2.27. The lowest BCUT2D eigenvalue weighted by Gasteiger charge is -2.32. The standard InChI is InChI=1S/C17H22ClN3O/c1-21(11-14-6-5-7-15(18)10-14)12-16(22)20-17(13-19)8-3-2-4-9-17/h5-7,10H,2-4,8-9,11-12H2,1H3,(H,20,22). The first kappa shape index (κ1) is 16.8. The van der Waals surface area contributed by atoms with E-state index < -0.39 is 5.54 Å². The van der Waals surface area contributed by atoms with E-state index in [2.05, 4.69) is 11.4 Å². The van der Waals surface area contributed by atoms with Gasteiger partial charge >= 0.3 is 0 Å². The van der Waals surface area contributed by atoms with E-state index in [9.17, 15) is 10.1 Å². The molecule has 0 heterocycles. The van der Waals surface area contributed by atoms with Gasteiger partial charge in [-0.05, 0) is 37.6 Å². The number of hydrogen-bond acceptors (Lipinski definition) is 3. The Hall–Kier alpha value is -1.57. The lowest BCUT2D eigenvalue weighted by molar-refractivity contribution is -0.123. The molecule has 1 N–H and O–H groups in total. The molecule has 0 aliphatic heterocycles. The van der Waals surface area contributed by atoms with Gasteiger partial charge in [0.1, 0.15) is 5.54 Å². The molecule has 0 saturated heterocycles. The Kier molecular flexibility index (Phi) is 5.82. The quantitative estimate of drug-likeness (QED) is 0.907. The van der Waals surface area contributed by atoms with E-state index in [0.717, 1.165) is 37.7 Å². The van der Waals surface area contributed by atoms with Gasteiger partial charge in [0.05, 0.1) is 12.6 Å². The largest absolute Gasteiger partial charge is 0.337 e. The Morgan fingerprint density at radius 3 is 2.77 bits per heavy atom. The number of carbonyl (C=O) groups excluding carboxylic acids is 1. The van der Waals surface area contributed by atoms with E-state index in [-0.39, 0.29) is 12.5 Å². The SMILES string of the molecule is CN(CC(=O)NC1(C#N)CCCCC1)Cc1cccc(Cl)c1. The lowest BCUT2D eigenvalue weighted by atomic mass is 9.83. The van der Waals surface area contributed by atoms with Crippen LogP contribution >= 0.6 is 11.6 Å². The number of nitrogens with zero attached hydrogens (tertiary/aromatic N) is 2. The van der Waals surface area contributed by atoms with Crippen LogP contribution in [0.1, 0.15) is 37.7 Å². The molecular weight excluding hydrogens is 298 g/mol. The summed E-state index contributed by atoms with van der Waals surface area (Å²) in [5.74, 6) is -0.0898. The normalized spacial score (nSPS) is 17.0. The zero-order valence-electron chi connectivity index (χ0n) is 12.9. The van der Waals surface area contributed by atoms with Gasteiger partial charge in [-0.25, -0.2) is 0 Å². The van der Waals surface area contributed by atoms with Crippen LogP contribution in [0.15, 0.2) is 24.3 Å². The summed E-state index contributed by atoms with van der Waals surface area (Å²) < 4.78 is 0. The monoisotopic (exact) mass is 319 g/mol. The fourth-order valence-electron chi connectivity index (χ4n) is 2.97. The summed E-state index contributed by atoms with van der Waals surface area (Å²) in [6.07, 6.45) is 4.67. The van der Waals surface area contributed by atoms with E-state index in [1.807, 2.05) is 36.2 Å². The Bertz CT molecular complexity index is 561. The number of halogens is 1. The van der Waals surface area contributed by atoms with Crippen molar-refractivity contribution >= 4 is 17.5 Å². The summed E-state index contributed by atoms with van der Waals surface area (Å²) in [5, 5.41) is 13.0. The smallest absolute Gasteiger partial charge is 0.235 e. The van der Waals surface area contributed by atoms with Crippen LogP contribution in [0, 0.1) is 11.3 Å². The molecule has 1 aromatic carbocycles. The molecule has 0 aromatic heterocycles. The molecule has 5 heteroatoms. The summed E-state index contributed by atoms with van der Waals surface area (Å²) in [6.45, 7) is 0.920. The summed E-state index contributed by atoms with van der Waals surface area (Å²) in [4.78, 5) is 14.1.